The maximum atomic E-state index is 12.6. The Morgan fingerprint density at radius 2 is 2.00 bits per heavy atom. The van der Waals surface area contributed by atoms with E-state index in [2.05, 4.69) is 10.7 Å². The molecule has 1 fully saturated rings. The van der Waals surface area contributed by atoms with E-state index in [4.69, 9.17) is 33.6 Å². The van der Waals surface area contributed by atoms with Gasteiger partial charge in [-0.15, -0.1) is 0 Å². The minimum absolute atomic E-state index is 0.104. The molecular formula is C17H12N4O6S3. The van der Waals surface area contributed by atoms with Gasteiger partial charge in [-0.25, -0.2) is 0 Å². The van der Waals surface area contributed by atoms with Gasteiger partial charge in [0.05, 0.1) is 18.1 Å². The molecule has 2 amide bonds. The molecule has 1 aromatic heterocycles. The number of hydrogen-bond acceptors (Lipinski definition) is 9. The van der Waals surface area contributed by atoms with E-state index in [9.17, 15) is 19.7 Å². The molecule has 1 aliphatic rings. The summed E-state index contributed by atoms with van der Waals surface area (Å²) < 4.78 is 10.2. The summed E-state index contributed by atoms with van der Waals surface area (Å²) in [6, 6.07) is 9.11. The standard InChI is InChI=1S/C17H12N4O6S3/c1-26-10-4-2-9(3-5-10)18-14(22)15(28)19-20-16(23)12(30-17(20)29)8-11-6-7-13(27-11)21(24)25/h2-8H,1H3,(H,18,22)(H,19,28)/b12-8+. The van der Waals surface area contributed by atoms with Crippen molar-refractivity contribution in [2.24, 2.45) is 0 Å². The van der Waals surface area contributed by atoms with Gasteiger partial charge in [-0.2, -0.15) is 5.01 Å². The number of thiocarbonyl (C=S) groups is 2. The molecule has 2 heterocycles. The molecule has 3 rings (SSSR count). The summed E-state index contributed by atoms with van der Waals surface area (Å²) >= 11 is 11.1. The molecule has 0 spiro atoms. The SMILES string of the molecule is COc1ccc(NC(=O)C(=S)NN2C(=O)/C(=C\c3ccc([N+](=O)[O-])o3)SC2=S)cc1. The van der Waals surface area contributed by atoms with Crippen LogP contribution in [0.25, 0.3) is 6.08 Å². The summed E-state index contributed by atoms with van der Waals surface area (Å²) in [4.78, 5) is 34.7. The van der Waals surface area contributed by atoms with E-state index in [-0.39, 0.29) is 20.0 Å². The second-order valence-electron chi connectivity index (χ2n) is 5.57. The summed E-state index contributed by atoms with van der Waals surface area (Å²) in [5.41, 5.74) is 2.98. The number of nitrogens with one attached hydrogen (secondary N) is 2. The fraction of sp³-hybridized carbons (Fsp3) is 0.0588. The summed E-state index contributed by atoms with van der Waals surface area (Å²) in [5.74, 6) is -0.938. The van der Waals surface area contributed by atoms with Crippen molar-refractivity contribution in [1.82, 2.24) is 10.4 Å². The third-order valence-corrected chi connectivity index (χ3v) is 5.21. The molecule has 30 heavy (non-hydrogen) atoms. The molecule has 0 radical (unpaired) electrons. The van der Waals surface area contributed by atoms with Crippen molar-refractivity contribution in [3.63, 3.8) is 0 Å². The highest BCUT2D eigenvalue weighted by molar-refractivity contribution is 8.26. The predicted molar refractivity (Wildman–Crippen MR) is 118 cm³/mol. The maximum Gasteiger partial charge on any atom is 0.433 e. The fourth-order valence-electron chi connectivity index (χ4n) is 2.23. The number of benzene rings is 1. The third kappa shape index (κ3) is 4.82. The van der Waals surface area contributed by atoms with Gasteiger partial charge < -0.3 is 14.5 Å². The molecule has 2 N–H and O–H groups in total. The lowest BCUT2D eigenvalue weighted by atomic mass is 10.3. The molecule has 13 heteroatoms. The highest BCUT2D eigenvalue weighted by Crippen LogP contribution is 2.32. The van der Waals surface area contributed by atoms with Crippen LogP contribution in [0.4, 0.5) is 11.6 Å². The lowest BCUT2D eigenvalue weighted by molar-refractivity contribution is -0.402. The number of carbonyl (C=O) groups is 2. The van der Waals surface area contributed by atoms with Crippen molar-refractivity contribution < 1.29 is 23.7 Å². The maximum absolute atomic E-state index is 12.6. The highest BCUT2D eigenvalue weighted by atomic mass is 32.2. The Balaban J connectivity index is 1.65. The Morgan fingerprint density at radius 1 is 1.30 bits per heavy atom. The fourth-order valence-corrected chi connectivity index (χ4v) is 3.53. The zero-order valence-electron chi connectivity index (χ0n) is 15.1. The van der Waals surface area contributed by atoms with Gasteiger partial charge in [0.1, 0.15) is 16.4 Å². The Morgan fingerprint density at radius 3 is 2.60 bits per heavy atom. The highest BCUT2D eigenvalue weighted by Gasteiger charge is 2.34. The molecule has 0 atom stereocenters. The first-order chi connectivity index (χ1) is 14.3. The van der Waals surface area contributed by atoms with Crippen LogP contribution in [-0.2, 0) is 9.59 Å². The van der Waals surface area contributed by atoms with E-state index in [1.54, 1.807) is 24.3 Å². The van der Waals surface area contributed by atoms with Crippen molar-refractivity contribution in [2.45, 2.75) is 0 Å². The monoisotopic (exact) mass is 464 g/mol. The Hall–Kier alpha value is -3.29. The number of rotatable bonds is 5. The van der Waals surface area contributed by atoms with Gasteiger partial charge in [0.15, 0.2) is 9.31 Å². The van der Waals surface area contributed by atoms with Crippen molar-refractivity contribution in [3.05, 3.63) is 57.2 Å². The van der Waals surface area contributed by atoms with Crippen LogP contribution in [0.3, 0.4) is 0 Å². The van der Waals surface area contributed by atoms with E-state index in [0.29, 0.717) is 11.4 Å². The largest absolute Gasteiger partial charge is 0.497 e. The molecule has 0 saturated carbocycles. The average molecular weight is 465 g/mol. The van der Waals surface area contributed by atoms with Crippen LogP contribution in [0, 0.1) is 10.1 Å². The number of furan rings is 1. The number of hydrazine groups is 1. The van der Waals surface area contributed by atoms with E-state index in [1.165, 1.54) is 25.3 Å². The minimum atomic E-state index is -0.690. The van der Waals surface area contributed by atoms with Crippen LogP contribution in [0.5, 0.6) is 5.75 Å². The number of methoxy groups -OCH3 is 1. The third-order valence-electron chi connectivity index (χ3n) is 3.63. The van der Waals surface area contributed by atoms with Gasteiger partial charge in [0.2, 0.25) is 0 Å². The van der Waals surface area contributed by atoms with Crippen LogP contribution < -0.4 is 15.5 Å². The first kappa shape index (κ1) is 21.4. The number of hydrogen-bond donors (Lipinski definition) is 2. The van der Waals surface area contributed by atoms with Crippen LogP contribution >= 0.6 is 36.2 Å². The first-order valence-corrected chi connectivity index (χ1v) is 9.70. The Kier molecular flexibility index (Phi) is 6.44. The molecule has 1 aromatic carbocycles. The van der Waals surface area contributed by atoms with E-state index < -0.39 is 22.6 Å². The van der Waals surface area contributed by atoms with Crippen molar-refractivity contribution in [2.75, 3.05) is 12.4 Å². The zero-order chi connectivity index (χ0) is 21.8. The average Bonchev–Trinajstić information content (AvgIpc) is 3.29. The summed E-state index contributed by atoms with van der Waals surface area (Å²) in [7, 11) is 1.52. The second kappa shape index (κ2) is 9.02. The lowest BCUT2D eigenvalue weighted by Gasteiger charge is -2.17. The molecule has 154 valence electrons. The summed E-state index contributed by atoms with van der Waals surface area (Å²) in [6.45, 7) is 0. The van der Waals surface area contributed by atoms with E-state index in [0.717, 1.165) is 16.8 Å². The van der Waals surface area contributed by atoms with Crippen molar-refractivity contribution >= 4 is 75.0 Å². The van der Waals surface area contributed by atoms with Gasteiger partial charge in [-0.3, -0.25) is 25.1 Å². The second-order valence-corrected chi connectivity index (χ2v) is 7.66. The quantitative estimate of drug-likeness (QED) is 0.295. The Labute approximate surface area is 184 Å². The summed E-state index contributed by atoms with van der Waals surface area (Å²) in [5, 5.41) is 14.2. The smallest absolute Gasteiger partial charge is 0.433 e. The van der Waals surface area contributed by atoms with Crippen LogP contribution in [0.2, 0.25) is 0 Å². The molecule has 1 saturated heterocycles. The molecule has 10 nitrogen and oxygen atoms in total. The number of ether oxygens (including phenoxy) is 1. The number of anilines is 1. The number of nitro groups is 1. The predicted octanol–water partition coefficient (Wildman–Crippen LogP) is 2.87. The van der Waals surface area contributed by atoms with E-state index >= 15 is 0 Å². The minimum Gasteiger partial charge on any atom is -0.497 e. The topological polar surface area (TPSA) is 127 Å². The molecule has 0 unspecified atom stereocenters. The van der Waals surface area contributed by atoms with Gasteiger partial charge in [-0.1, -0.05) is 24.0 Å². The lowest BCUT2D eigenvalue weighted by Crippen LogP contribution is -2.48. The van der Waals surface area contributed by atoms with Crippen LogP contribution in [0.15, 0.2) is 45.7 Å². The molecule has 2 aromatic rings. The van der Waals surface area contributed by atoms with Gasteiger partial charge in [0.25, 0.3) is 11.8 Å². The van der Waals surface area contributed by atoms with Crippen LogP contribution in [0.1, 0.15) is 5.76 Å². The number of thioether (sulfide) groups is 1. The normalized spacial score (nSPS) is 14.7. The van der Waals surface area contributed by atoms with E-state index in [1.807, 2.05) is 0 Å². The molecule has 0 bridgehead atoms. The van der Waals surface area contributed by atoms with Gasteiger partial charge in [-0.05, 0) is 42.5 Å². The summed E-state index contributed by atoms with van der Waals surface area (Å²) in [6.07, 6.45) is 1.31. The first-order valence-electron chi connectivity index (χ1n) is 8.06. The van der Waals surface area contributed by atoms with Crippen molar-refractivity contribution in [1.29, 1.82) is 0 Å². The van der Waals surface area contributed by atoms with Gasteiger partial charge >= 0.3 is 5.88 Å². The Bertz CT molecular complexity index is 1080. The van der Waals surface area contributed by atoms with Gasteiger partial charge in [0, 0.05) is 11.8 Å². The van der Waals surface area contributed by atoms with Crippen LogP contribution in [-0.4, -0.2) is 38.2 Å². The molecule has 1 aliphatic heterocycles. The molecular weight excluding hydrogens is 452 g/mol. The zero-order valence-corrected chi connectivity index (χ0v) is 17.6. The van der Waals surface area contributed by atoms with Crippen molar-refractivity contribution in [3.8, 4) is 5.75 Å². The number of nitrogens with zero attached hydrogens (tertiary/aromatic N) is 2. The molecule has 0 aliphatic carbocycles. The number of carbonyl (C=O) groups excluding carboxylic acids is 2. The number of amides is 2.